The van der Waals surface area contributed by atoms with Crippen LogP contribution in [0, 0.1) is 3.70 Å². The highest BCUT2D eigenvalue weighted by molar-refractivity contribution is 14.1. The molecule has 0 saturated heterocycles. The molecule has 0 aromatic carbocycles. The van der Waals surface area contributed by atoms with Gasteiger partial charge in [0.15, 0.2) is 0 Å². The van der Waals surface area contributed by atoms with Crippen LogP contribution in [-0.2, 0) is 6.18 Å². The van der Waals surface area contributed by atoms with Crippen LogP contribution in [0.5, 0.6) is 5.88 Å². The van der Waals surface area contributed by atoms with E-state index in [2.05, 4.69) is 9.72 Å². The lowest BCUT2D eigenvalue weighted by molar-refractivity contribution is -0.276. The summed E-state index contributed by atoms with van der Waals surface area (Å²) < 4.78 is 76.5. The van der Waals surface area contributed by atoms with Gasteiger partial charge in [-0.25, -0.2) is 9.78 Å². The Kier molecular flexibility index (Phi) is 4.17. The minimum absolute atomic E-state index is 0.313. The number of alkyl halides is 6. The van der Waals surface area contributed by atoms with Gasteiger partial charge in [-0.15, -0.1) is 13.2 Å². The fourth-order valence-corrected chi connectivity index (χ4v) is 1.64. The average Bonchev–Trinajstić information content (AvgIpc) is 2.11. The topological polar surface area (TPSA) is 59.4 Å². The van der Waals surface area contributed by atoms with Gasteiger partial charge in [0.05, 0.1) is 5.56 Å². The second-order valence-electron chi connectivity index (χ2n) is 3.02. The molecule has 0 fully saturated rings. The normalized spacial score (nSPS) is 12.4. The smallest absolute Gasteiger partial charge is 0.477 e. The van der Waals surface area contributed by atoms with Crippen molar-refractivity contribution in [3.63, 3.8) is 0 Å². The molecule has 1 rings (SSSR count). The molecule has 1 heterocycles. The number of pyridine rings is 1. The molecule has 0 aliphatic carbocycles. The van der Waals surface area contributed by atoms with Crippen LogP contribution in [0.4, 0.5) is 26.3 Å². The summed E-state index contributed by atoms with van der Waals surface area (Å²) in [6.07, 6.45) is -10.5. The third kappa shape index (κ3) is 4.11. The highest BCUT2D eigenvalue weighted by atomic mass is 127. The average molecular weight is 401 g/mol. The number of rotatable bonds is 2. The molecular formula is C8H2F6INO3. The van der Waals surface area contributed by atoms with Crippen LogP contribution in [-0.4, -0.2) is 22.4 Å². The Bertz CT molecular complexity index is 512. The van der Waals surface area contributed by atoms with Crippen molar-refractivity contribution in [1.29, 1.82) is 0 Å². The van der Waals surface area contributed by atoms with Crippen molar-refractivity contribution in [2.24, 2.45) is 0 Å². The van der Waals surface area contributed by atoms with Gasteiger partial charge in [-0.3, -0.25) is 0 Å². The first-order valence-corrected chi connectivity index (χ1v) is 5.26. The first-order valence-electron chi connectivity index (χ1n) is 4.18. The molecule has 106 valence electrons. The summed E-state index contributed by atoms with van der Waals surface area (Å²) in [5.74, 6) is -3.88. The molecular weight excluding hydrogens is 399 g/mol. The van der Waals surface area contributed by atoms with Gasteiger partial charge in [0.1, 0.15) is 9.26 Å². The summed E-state index contributed by atoms with van der Waals surface area (Å²) in [6, 6.07) is 0.313. The van der Waals surface area contributed by atoms with E-state index in [-0.39, 0.29) is 0 Å². The van der Waals surface area contributed by atoms with E-state index < -0.39 is 39.2 Å². The molecule has 0 bridgehead atoms. The number of carboxylic acid groups (broad SMARTS) is 1. The van der Waals surface area contributed by atoms with Gasteiger partial charge in [0.2, 0.25) is 5.88 Å². The number of halogens is 7. The summed E-state index contributed by atoms with van der Waals surface area (Å²) >= 11 is 1.21. The van der Waals surface area contributed by atoms with E-state index in [1.807, 2.05) is 0 Å². The number of hydrogen-bond acceptors (Lipinski definition) is 3. The predicted molar refractivity (Wildman–Crippen MR) is 55.6 cm³/mol. The Labute approximate surface area is 114 Å². The van der Waals surface area contributed by atoms with Crippen molar-refractivity contribution in [2.75, 3.05) is 0 Å². The first-order chi connectivity index (χ1) is 8.42. The van der Waals surface area contributed by atoms with E-state index >= 15 is 0 Å². The summed E-state index contributed by atoms with van der Waals surface area (Å²) in [7, 11) is 0. The molecule has 1 aromatic heterocycles. The third-order valence-electron chi connectivity index (χ3n) is 1.69. The minimum Gasteiger partial charge on any atom is -0.477 e. The van der Waals surface area contributed by atoms with Crippen LogP contribution in [0.3, 0.4) is 0 Å². The number of nitrogens with zero attached hydrogens (tertiary/aromatic N) is 1. The molecule has 0 spiro atoms. The largest absolute Gasteiger partial charge is 0.574 e. The van der Waals surface area contributed by atoms with Crippen LogP contribution in [0.15, 0.2) is 6.07 Å². The van der Waals surface area contributed by atoms with Gasteiger partial charge in [-0.05, 0) is 28.7 Å². The van der Waals surface area contributed by atoms with Crippen LogP contribution >= 0.6 is 22.6 Å². The molecule has 0 aliphatic rings. The first kappa shape index (κ1) is 15.8. The van der Waals surface area contributed by atoms with E-state index in [1.54, 1.807) is 0 Å². The summed E-state index contributed by atoms with van der Waals surface area (Å²) in [4.78, 5) is 13.7. The number of carbonyl (C=O) groups is 1. The number of ether oxygens (including phenoxy) is 1. The number of aromatic nitrogens is 1. The number of hydrogen-bond donors (Lipinski definition) is 1. The molecule has 0 saturated carbocycles. The van der Waals surface area contributed by atoms with Crippen LogP contribution in [0.25, 0.3) is 0 Å². The maximum atomic E-state index is 12.6. The highest BCUT2D eigenvalue weighted by Crippen LogP contribution is 2.37. The number of carboxylic acids is 1. The SMILES string of the molecule is O=C(O)c1c(C(F)(F)F)cc(I)nc1OC(F)(F)F. The Balaban J connectivity index is 3.54. The molecule has 0 unspecified atom stereocenters. The molecule has 0 aliphatic heterocycles. The van der Waals surface area contributed by atoms with Crippen molar-refractivity contribution in [3.8, 4) is 5.88 Å². The Morgan fingerprint density at radius 1 is 1.26 bits per heavy atom. The standard InChI is InChI=1S/C8H2F6INO3/c9-7(10,11)2-1-3(15)16-5(4(2)6(17)18)19-8(12,13)14/h1H,(H,17,18). The lowest BCUT2D eigenvalue weighted by Crippen LogP contribution is -2.23. The molecule has 4 nitrogen and oxygen atoms in total. The lowest BCUT2D eigenvalue weighted by atomic mass is 10.1. The lowest BCUT2D eigenvalue weighted by Gasteiger charge is -2.15. The molecule has 0 radical (unpaired) electrons. The van der Waals surface area contributed by atoms with Crippen LogP contribution in [0.1, 0.15) is 15.9 Å². The molecule has 0 atom stereocenters. The van der Waals surface area contributed by atoms with Crippen molar-refractivity contribution in [3.05, 3.63) is 20.9 Å². The zero-order valence-electron chi connectivity index (χ0n) is 8.43. The van der Waals surface area contributed by atoms with Gasteiger partial charge in [-0.1, -0.05) is 0 Å². The van der Waals surface area contributed by atoms with Gasteiger partial charge in [-0.2, -0.15) is 13.2 Å². The highest BCUT2D eigenvalue weighted by Gasteiger charge is 2.41. The van der Waals surface area contributed by atoms with Gasteiger partial charge >= 0.3 is 18.5 Å². The quantitative estimate of drug-likeness (QED) is 0.470. The molecule has 19 heavy (non-hydrogen) atoms. The van der Waals surface area contributed by atoms with Gasteiger partial charge < -0.3 is 9.84 Å². The Hall–Kier alpha value is -1.27. The molecule has 1 N–H and O–H groups in total. The summed E-state index contributed by atoms with van der Waals surface area (Å²) in [5.41, 5.74) is -3.45. The van der Waals surface area contributed by atoms with Crippen molar-refractivity contribution >= 4 is 28.6 Å². The molecule has 11 heteroatoms. The van der Waals surface area contributed by atoms with Crippen LogP contribution < -0.4 is 4.74 Å². The summed E-state index contributed by atoms with van der Waals surface area (Å²) in [5, 5.41) is 8.61. The van der Waals surface area contributed by atoms with Crippen molar-refractivity contribution in [1.82, 2.24) is 4.98 Å². The monoisotopic (exact) mass is 401 g/mol. The zero-order chi connectivity index (χ0) is 15.0. The van der Waals surface area contributed by atoms with Crippen LogP contribution in [0.2, 0.25) is 0 Å². The second-order valence-corrected chi connectivity index (χ2v) is 4.13. The Morgan fingerprint density at radius 3 is 2.16 bits per heavy atom. The minimum atomic E-state index is -5.36. The van der Waals surface area contributed by atoms with Gasteiger partial charge in [0, 0.05) is 0 Å². The maximum absolute atomic E-state index is 12.6. The van der Waals surface area contributed by atoms with E-state index in [0.717, 1.165) is 0 Å². The van der Waals surface area contributed by atoms with Gasteiger partial charge in [0.25, 0.3) is 0 Å². The second kappa shape index (κ2) is 5.02. The fourth-order valence-electron chi connectivity index (χ4n) is 1.11. The maximum Gasteiger partial charge on any atom is 0.574 e. The zero-order valence-corrected chi connectivity index (χ0v) is 10.6. The van der Waals surface area contributed by atoms with Crippen molar-refractivity contribution in [2.45, 2.75) is 12.5 Å². The Morgan fingerprint density at radius 2 is 1.79 bits per heavy atom. The van der Waals surface area contributed by atoms with E-state index in [4.69, 9.17) is 5.11 Å². The molecule has 0 amide bonds. The van der Waals surface area contributed by atoms with Crippen molar-refractivity contribution < 1.29 is 41.0 Å². The van der Waals surface area contributed by atoms with E-state index in [1.165, 1.54) is 22.6 Å². The predicted octanol–water partition coefficient (Wildman–Crippen LogP) is 3.30. The van der Waals surface area contributed by atoms with E-state index in [9.17, 15) is 31.1 Å². The number of aromatic carboxylic acids is 1. The molecule has 1 aromatic rings. The fraction of sp³-hybridized carbons (Fsp3) is 0.250. The van der Waals surface area contributed by atoms with E-state index in [0.29, 0.717) is 6.07 Å². The third-order valence-corrected chi connectivity index (χ3v) is 2.24. The summed E-state index contributed by atoms with van der Waals surface area (Å²) in [6.45, 7) is 0.